The van der Waals surface area contributed by atoms with E-state index in [1.165, 1.54) is 5.56 Å². The Labute approximate surface area is 114 Å². The maximum atomic E-state index is 5.08. The molecule has 0 aliphatic heterocycles. The molecule has 0 saturated carbocycles. The van der Waals surface area contributed by atoms with Crippen LogP contribution < -0.4 is 5.32 Å². The maximum Gasteiger partial charge on any atom is 0.124 e. The first-order valence-electron chi connectivity index (χ1n) is 6.54. The van der Waals surface area contributed by atoms with Crippen molar-refractivity contribution in [3.63, 3.8) is 0 Å². The lowest BCUT2D eigenvalue weighted by Gasteiger charge is -2.15. The predicted molar refractivity (Wildman–Crippen MR) is 77.3 cm³/mol. The summed E-state index contributed by atoms with van der Waals surface area (Å²) < 4.78 is 6.96. The number of hydrogen-bond donors (Lipinski definition) is 1. The summed E-state index contributed by atoms with van der Waals surface area (Å²) in [5, 5.41) is 7.95. The topological polar surface area (TPSA) is 39.1 Å². The Kier molecular flexibility index (Phi) is 4.58. The van der Waals surface area contributed by atoms with Crippen molar-refractivity contribution in [1.29, 1.82) is 0 Å². The van der Waals surface area contributed by atoms with Gasteiger partial charge in [-0.25, -0.2) is 0 Å². The number of ether oxygens (including phenoxy) is 1. The van der Waals surface area contributed by atoms with E-state index in [1.807, 2.05) is 17.8 Å². The van der Waals surface area contributed by atoms with E-state index in [0.29, 0.717) is 6.61 Å². The Morgan fingerprint density at radius 1 is 1.32 bits per heavy atom. The summed E-state index contributed by atoms with van der Waals surface area (Å²) >= 11 is 0. The van der Waals surface area contributed by atoms with E-state index >= 15 is 0 Å². The van der Waals surface area contributed by atoms with Crippen molar-refractivity contribution in [3.8, 4) is 0 Å². The third kappa shape index (κ3) is 3.58. The van der Waals surface area contributed by atoms with E-state index in [1.54, 1.807) is 7.11 Å². The maximum absolute atomic E-state index is 5.08. The van der Waals surface area contributed by atoms with Gasteiger partial charge in [-0.1, -0.05) is 30.3 Å². The van der Waals surface area contributed by atoms with Gasteiger partial charge in [0.15, 0.2) is 0 Å². The lowest BCUT2D eigenvalue weighted by Crippen LogP contribution is -2.09. The molecule has 0 aliphatic carbocycles. The van der Waals surface area contributed by atoms with Crippen LogP contribution in [0.4, 0.5) is 5.82 Å². The monoisotopic (exact) mass is 259 g/mol. The highest BCUT2D eigenvalue weighted by Gasteiger charge is 2.09. The largest absolute Gasteiger partial charge is 0.384 e. The van der Waals surface area contributed by atoms with Crippen LogP contribution in [0.1, 0.15) is 24.2 Å². The fourth-order valence-electron chi connectivity index (χ4n) is 2.04. The summed E-state index contributed by atoms with van der Waals surface area (Å²) in [6.07, 6.45) is 0.839. The molecule has 0 bridgehead atoms. The van der Waals surface area contributed by atoms with Crippen LogP contribution in [0.5, 0.6) is 0 Å². The average molecular weight is 259 g/mol. The zero-order valence-electron chi connectivity index (χ0n) is 11.8. The SMILES string of the molecule is COCCc1cc(NC(C)c2ccccc2)n(C)n1. The van der Waals surface area contributed by atoms with Gasteiger partial charge in [0.1, 0.15) is 5.82 Å². The Hall–Kier alpha value is -1.81. The number of hydrogen-bond acceptors (Lipinski definition) is 3. The van der Waals surface area contributed by atoms with E-state index in [0.717, 1.165) is 17.9 Å². The molecule has 0 spiro atoms. The first-order chi connectivity index (χ1) is 9.20. The molecule has 0 aliphatic rings. The summed E-state index contributed by atoms with van der Waals surface area (Å²) in [5.41, 5.74) is 2.31. The van der Waals surface area contributed by atoms with Crippen molar-refractivity contribution in [2.24, 2.45) is 7.05 Å². The van der Waals surface area contributed by atoms with Crippen LogP contribution in [-0.2, 0) is 18.2 Å². The van der Waals surface area contributed by atoms with Gasteiger partial charge in [0, 0.05) is 32.7 Å². The Morgan fingerprint density at radius 2 is 2.05 bits per heavy atom. The number of aryl methyl sites for hydroxylation is 1. The van der Waals surface area contributed by atoms with Crippen molar-refractivity contribution in [1.82, 2.24) is 9.78 Å². The molecule has 0 fully saturated rings. The molecule has 4 nitrogen and oxygen atoms in total. The first kappa shape index (κ1) is 13.6. The number of nitrogens with zero attached hydrogens (tertiary/aromatic N) is 2. The van der Waals surface area contributed by atoms with Crippen molar-refractivity contribution in [2.45, 2.75) is 19.4 Å². The van der Waals surface area contributed by atoms with E-state index in [-0.39, 0.29) is 6.04 Å². The number of rotatable bonds is 6. The van der Waals surface area contributed by atoms with E-state index in [4.69, 9.17) is 4.74 Å². The molecule has 1 atom stereocenters. The summed E-state index contributed by atoms with van der Waals surface area (Å²) in [5.74, 6) is 1.03. The molecule has 1 unspecified atom stereocenters. The number of nitrogens with one attached hydrogen (secondary N) is 1. The molecule has 2 rings (SSSR count). The number of methoxy groups -OCH3 is 1. The highest BCUT2D eigenvalue weighted by molar-refractivity contribution is 5.40. The van der Waals surface area contributed by atoms with Gasteiger partial charge in [-0.2, -0.15) is 5.10 Å². The highest BCUT2D eigenvalue weighted by atomic mass is 16.5. The van der Waals surface area contributed by atoms with Crippen LogP contribution in [0.15, 0.2) is 36.4 Å². The number of aromatic nitrogens is 2. The molecule has 1 N–H and O–H groups in total. The molecular weight excluding hydrogens is 238 g/mol. The molecule has 19 heavy (non-hydrogen) atoms. The minimum atomic E-state index is 0.256. The van der Waals surface area contributed by atoms with Crippen LogP contribution in [0.3, 0.4) is 0 Å². The van der Waals surface area contributed by atoms with E-state index < -0.39 is 0 Å². The van der Waals surface area contributed by atoms with Gasteiger partial charge in [0.2, 0.25) is 0 Å². The zero-order valence-corrected chi connectivity index (χ0v) is 11.8. The van der Waals surface area contributed by atoms with Gasteiger partial charge in [0.25, 0.3) is 0 Å². The minimum absolute atomic E-state index is 0.256. The molecule has 0 radical (unpaired) electrons. The Bertz CT molecular complexity index is 507. The second-order valence-electron chi connectivity index (χ2n) is 4.66. The quantitative estimate of drug-likeness (QED) is 0.867. The standard InChI is InChI=1S/C15H21N3O/c1-12(13-7-5-4-6-8-13)16-15-11-14(9-10-19-3)17-18(15)2/h4-8,11-12,16H,9-10H2,1-3H3. The third-order valence-electron chi connectivity index (χ3n) is 3.16. The second kappa shape index (κ2) is 6.38. The van der Waals surface area contributed by atoms with Crippen LogP contribution >= 0.6 is 0 Å². The molecule has 1 aromatic carbocycles. The summed E-state index contributed by atoms with van der Waals surface area (Å²) in [7, 11) is 3.66. The van der Waals surface area contributed by atoms with Gasteiger partial charge in [-0.05, 0) is 12.5 Å². The molecule has 2 aromatic rings. The van der Waals surface area contributed by atoms with Crippen LogP contribution in [-0.4, -0.2) is 23.5 Å². The summed E-state index contributed by atoms with van der Waals surface area (Å²) in [4.78, 5) is 0. The lowest BCUT2D eigenvalue weighted by atomic mass is 10.1. The fraction of sp³-hybridized carbons (Fsp3) is 0.400. The van der Waals surface area contributed by atoms with Crippen LogP contribution in [0.25, 0.3) is 0 Å². The molecule has 1 heterocycles. The first-order valence-corrected chi connectivity index (χ1v) is 6.54. The van der Waals surface area contributed by atoms with Crippen molar-refractivity contribution < 1.29 is 4.74 Å². The van der Waals surface area contributed by atoms with Crippen molar-refractivity contribution >= 4 is 5.82 Å². The molecular formula is C15H21N3O. The van der Waals surface area contributed by atoms with Crippen molar-refractivity contribution in [2.75, 3.05) is 19.0 Å². The summed E-state index contributed by atoms with van der Waals surface area (Å²) in [6.45, 7) is 2.85. The fourth-order valence-corrected chi connectivity index (χ4v) is 2.04. The molecule has 1 aromatic heterocycles. The Balaban J connectivity index is 2.04. The normalized spacial score (nSPS) is 12.4. The predicted octanol–water partition coefficient (Wildman–Crippen LogP) is 2.78. The second-order valence-corrected chi connectivity index (χ2v) is 4.66. The molecule has 0 saturated heterocycles. The van der Waals surface area contributed by atoms with Gasteiger partial charge in [-0.15, -0.1) is 0 Å². The van der Waals surface area contributed by atoms with Gasteiger partial charge < -0.3 is 10.1 Å². The Morgan fingerprint density at radius 3 is 2.74 bits per heavy atom. The zero-order chi connectivity index (χ0) is 13.7. The highest BCUT2D eigenvalue weighted by Crippen LogP contribution is 2.19. The molecule has 4 heteroatoms. The van der Waals surface area contributed by atoms with Gasteiger partial charge >= 0.3 is 0 Å². The number of anilines is 1. The van der Waals surface area contributed by atoms with Crippen LogP contribution in [0.2, 0.25) is 0 Å². The number of benzene rings is 1. The van der Waals surface area contributed by atoms with Gasteiger partial charge in [0.05, 0.1) is 12.3 Å². The smallest absolute Gasteiger partial charge is 0.124 e. The minimum Gasteiger partial charge on any atom is -0.384 e. The van der Waals surface area contributed by atoms with Crippen molar-refractivity contribution in [3.05, 3.63) is 47.7 Å². The van der Waals surface area contributed by atoms with E-state index in [9.17, 15) is 0 Å². The third-order valence-corrected chi connectivity index (χ3v) is 3.16. The molecule has 0 amide bonds. The van der Waals surface area contributed by atoms with Gasteiger partial charge in [-0.3, -0.25) is 4.68 Å². The van der Waals surface area contributed by atoms with E-state index in [2.05, 4.69) is 47.7 Å². The summed E-state index contributed by atoms with van der Waals surface area (Å²) in [6, 6.07) is 12.7. The molecule has 102 valence electrons. The van der Waals surface area contributed by atoms with Crippen LogP contribution in [0, 0.1) is 0 Å². The lowest BCUT2D eigenvalue weighted by molar-refractivity contribution is 0.201. The average Bonchev–Trinajstić information content (AvgIpc) is 2.78.